The van der Waals surface area contributed by atoms with Crippen molar-refractivity contribution in [1.82, 2.24) is 15.3 Å². The van der Waals surface area contributed by atoms with Gasteiger partial charge in [-0.15, -0.1) is 0 Å². The minimum absolute atomic E-state index is 0.000210. The number of aliphatic imine (C=N–C) groups is 1. The SMILES string of the molecule is CCC(/C=C(\C)OC)=Nc1nccc(N2CCCC(C(=O)NCc3ccc(F)cc3)C2)n1. The molecule has 1 aromatic carbocycles. The fraction of sp³-hybridized carbons (Fsp3) is 0.417. The summed E-state index contributed by atoms with van der Waals surface area (Å²) in [6, 6.07) is 8.00. The lowest BCUT2D eigenvalue weighted by molar-refractivity contribution is -0.125. The van der Waals surface area contributed by atoms with Gasteiger partial charge in [0, 0.05) is 31.5 Å². The molecule has 1 fully saturated rings. The molecular formula is C24H30FN5O2. The van der Waals surface area contributed by atoms with Crippen LogP contribution < -0.4 is 10.2 Å². The molecule has 1 amide bonds. The third-order valence-electron chi connectivity index (χ3n) is 5.42. The zero-order chi connectivity index (χ0) is 22.9. The summed E-state index contributed by atoms with van der Waals surface area (Å²) < 4.78 is 18.3. The smallest absolute Gasteiger partial charge is 0.251 e. The van der Waals surface area contributed by atoms with Crippen LogP contribution in [0.4, 0.5) is 16.2 Å². The summed E-state index contributed by atoms with van der Waals surface area (Å²) in [5, 5.41) is 2.97. The number of hydrogen-bond acceptors (Lipinski definition) is 6. The molecule has 8 heteroatoms. The van der Waals surface area contributed by atoms with Gasteiger partial charge in [-0.05, 0) is 56.0 Å². The summed E-state index contributed by atoms with van der Waals surface area (Å²) in [6.07, 6.45) is 6.02. The van der Waals surface area contributed by atoms with Gasteiger partial charge in [-0.1, -0.05) is 19.1 Å². The molecule has 7 nitrogen and oxygen atoms in total. The van der Waals surface area contributed by atoms with Crippen molar-refractivity contribution in [3.8, 4) is 0 Å². The first-order valence-electron chi connectivity index (χ1n) is 10.9. The van der Waals surface area contributed by atoms with Crippen molar-refractivity contribution in [1.29, 1.82) is 0 Å². The van der Waals surface area contributed by atoms with Gasteiger partial charge in [0.2, 0.25) is 5.91 Å². The number of anilines is 1. The van der Waals surface area contributed by atoms with E-state index in [-0.39, 0.29) is 17.6 Å². The number of methoxy groups -OCH3 is 1. The number of aromatic nitrogens is 2. The van der Waals surface area contributed by atoms with Crippen LogP contribution in [-0.2, 0) is 16.1 Å². The second kappa shape index (κ2) is 11.4. The predicted molar refractivity (Wildman–Crippen MR) is 123 cm³/mol. The highest BCUT2D eigenvalue weighted by atomic mass is 19.1. The van der Waals surface area contributed by atoms with Crippen LogP contribution in [0, 0.1) is 11.7 Å². The largest absolute Gasteiger partial charge is 0.501 e. The van der Waals surface area contributed by atoms with Crippen molar-refractivity contribution in [2.45, 2.75) is 39.7 Å². The standard InChI is InChI=1S/C24H30FN5O2/c1-4-21(14-17(2)32-3)28-24-26-12-11-22(29-24)30-13-5-6-19(16-30)23(31)27-15-18-7-9-20(25)10-8-18/h7-12,14,19H,4-6,13,15-16H2,1-3H3,(H,27,31)/b17-14+,28-21?. The van der Waals surface area contributed by atoms with Crippen LogP contribution in [0.3, 0.4) is 0 Å². The Bertz CT molecular complexity index is 975. The Morgan fingerprint density at radius 2 is 2.12 bits per heavy atom. The summed E-state index contributed by atoms with van der Waals surface area (Å²) in [7, 11) is 1.62. The molecule has 0 aliphatic carbocycles. The van der Waals surface area contributed by atoms with E-state index in [0.29, 0.717) is 19.0 Å². The van der Waals surface area contributed by atoms with Gasteiger partial charge in [-0.2, -0.15) is 4.98 Å². The molecule has 1 aliphatic rings. The molecule has 1 N–H and O–H groups in total. The summed E-state index contributed by atoms with van der Waals surface area (Å²) >= 11 is 0. The Morgan fingerprint density at radius 1 is 1.34 bits per heavy atom. The number of carbonyl (C=O) groups is 1. The third-order valence-corrected chi connectivity index (χ3v) is 5.42. The molecule has 1 saturated heterocycles. The lowest BCUT2D eigenvalue weighted by atomic mass is 9.97. The van der Waals surface area contributed by atoms with Crippen LogP contribution in [0.15, 0.2) is 53.4 Å². The van der Waals surface area contributed by atoms with E-state index >= 15 is 0 Å². The number of amides is 1. The molecule has 170 valence electrons. The Kier molecular flexibility index (Phi) is 8.30. The van der Waals surface area contributed by atoms with Crippen molar-refractivity contribution >= 4 is 23.4 Å². The lowest BCUT2D eigenvalue weighted by Crippen LogP contribution is -2.43. The average molecular weight is 440 g/mol. The van der Waals surface area contributed by atoms with Gasteiger partial charge >= 0.3 is 0 Å². The summed E-state index contributed by atoms with van der Waals surface area (Å²) in [5.41, 5.74) is 1.70. The topological polar surface area (TPSA) is 79.7 Å². The number of allylic oxidation sites excluding steroid dienone is 2. The number of hydrogen-bond donors (Lipinski definition) is 1. The van der Waals surface area contributed by atoms with E-state index in [1.165, 1.54) is 12.1 Å². The number of rotatable bonds is 8. The van der Waals surface area contributed by atoms with Gasteiger partial charge in [-0.3, -0.25) is 4.79 Å². The lowest BCUT2D eigenvalue weighted by Gasteiger charge is -2.32. The highest BCUT2D eigenvalue weighted by Gasteiger charge is 2.26. The fourth-order valence-corrected chi connectivity index (χ4v) is 3.54. The van der Waals surface area contributed by atoms with Crippen LogP contribution >= 0.6 is 0 Å². The average Bonchev–Trinajstić information content (AvgIpc) is 2.83. The van der Waals surface area contributed by atoms with Gasteiger partial charge in [0.1, 0.15) is 11.6 Å². The van der Waals surface area contributed by atoms with Crippen molar-refractivity contribution in [2.75, 3.05) is 25.1 Å². The monoisotopic (exact) mass is 439 g/mol. The Labute approximate surface area is 188 Å². The Hall–Kier alpha value is -3.29. The zero-order valence-corrected chi connectivity index (χ0v) is 18.8. The van der Waals surface area contributed by atoms with Gasteiger partial charge in [0.15, 0.2) is 0 Å². The van der Waals surface area contributed by atoms with Crippen molar-refractivity contribution in [3.05, 3.63) is 59.7 Å². The molecule has 0 radical (unpaired) electrons. The van der Waals surface area contributed by atoms with Crippen LogP contribution in [-0.4, -0.2) is 41.8 Å². The normalized spacial score (nSPS) is 17.2. The molecule has 3 rings (SSSR count). The minimum Gasteiger partial charge on any atom is -0.501 e. The summed E-state index contributed by atoms with van der Waals surface area (Å²) in [4.78, 5) is 28.2. The molecule has 2 heterocycles. The van der Waals surface area contributed by atoms with Gasteiger partial charge in [0.05, 0.1) is 18.8 Å². The van der Waals surface area contributed by atoms with Crippen molar-refractivity contribution in [3.63, 3.8) is 0 Å². The van der Waals surface area contributed by atoms with E-state index in [1.807, 2.05) is 26.0 Å². The molecule has 1 unspecified atom stereocenters. The molecule has 2 aromatic rings. The van der Waals surface area contributed by atoms with E-state index in [4.69, 9.17) is 4.74 Å². The molecule has 1 aromatic heterocycles. The number of nitrogens with zero attached hydrogens (tertiary/aromatic N) is 4. The number of ether oxygens (including phenoxy) is 1. The van der Waals surface area contributed by atoms with Crippen molar-refractivity contribution in [2.24, 2.45) is 10.9 Å². The highest BCUT2D eigenvalue weighted by molar-refractivity contribution is 5.96. The van der Waals surface area contributed by atoms with Crippen molar-refractivity contribution < 1.29 is 13.9 Å². The number of nitrogens with one attached hydrogen (secondary N) is 1. The second-order valence-corrected chi connectivity index (χ2v) is 7.76. The van der Waals surface area contributed by atoms with E-state index in [9.17, 15) is 9.18 Å². The maximum atomic E-state index is 13.1. The first-order chi connectivity index (χ1) is 15.5. The van der Waals surface area contributed by atoms with E-state index in [2.05, 4.69) is 25.2 Å². The van der Waals surface area contributed by atoms with Crippen LogP contribution in [0.2, 0.25) is 0 Å². The van der Waals surface area contributed by atoms with Crippen LogP contribution in [0.5, 0.6) is 0 Å². The maximum absolute atomic E-state index is 13.1. The van der Waals surface area contributed by atoms with Crippen LogP contribution in [0.25, 0.3) is 0 Å². The summed E-state index contributed by atoms with van der Waals surface area (Å²) in [6.45, 7) is 5.68. The van der Waals surface area contributed by atoms with Gasteiger partial charge in [0.25, 0.3) is 5.95 Å². The first kappa shape index (κ1) is 23.4. The second-order valence-electron chi connectivity index (χ2n) is 7.76. The van der Waals surface area contributed by atoms with E-state index in [1.54, 1.807) is 25.4 Å². The van der Waals surface area contributed by atoms with Gasteiger partial charge in [-0.25, -0.2) is 14.4 Å². The van der Waals surface area contributed by atoms with E-state index in [0.717, 1.165) is 48.7 Å². The van der Waals surface area contributed by atoms with Gasteiger partial charge < -0.3 is 15.0 Å². The minimum atomic E-state index is -0.285. The molecule has 1 aliphatic heterocycles. The van der Waals surface area contributed by atoms with E-state index < -0.39 is 0 Å². The number of benzene rings is 1. The molecule has 0 spiro atoms. The molecule has 0 bridgehead atoms. The highest BCUT2D eigenvalue weighted by Crippen LogP contribution is 2.23. The Balaban J connectivity index is 1.65. The Morgan fingerprint density at radius 3 is 2.84 bits per heavy atom. The quantitative estimate of drug-likeness (QED) is 0.493. The number of carbonyl (C=O) groups excluding carboxylic acids is 1. The molecule has 1 atom stereocenters. The molecule has 0 saturated carbocycles. The maximum Gasteiger partial charge on any atom is 0.251 e. The number of piperidine rings is 1. The molecule has 32 heavy (non-hydrogen) atoms. The third kappa shape index (κ3) is 6.60. The zero-order valence-electron chi connectivity index (χ0n) is 18.8. The predicted octanol–water partition coefficient (Wildman–Crippen LogP) is 4.18. The first-order valence-corrected chi connectivity index (χ1v) is 10.9. The fourth-order valence-electron chi connectivity index (χ4n) is 3.54. The number of halogens is 1. The molecular weight excluding hydrogens is 409 g/mol. The van der Waals surface area contributed by atoms with Crippen LogP contribution in [0.1, 0.15) is 38.7 Å². The summed E-state index contributed by atoms with van der Waals surface area (Å²) in [5.74, 6) is 1.50.